The number of thiocarbonyl (C=S) groups is 1. The van der Waals surface area contributed by atoms with Crippen molar-refractivity contribution in [3.05, 3.63) is 48.2 Å². The van der Waals surface area contributed by atoms with Crippen LogP contribution in [0.3, 0.4) is 0 Å². The van der Waals surface area contributed by atoms with Gasteiger partial charge in [-0.05, 0) is 62.8 Å². The lowest BCUT2D eigenvalue weighted by Crippen LogP contribution is -2.28. The molecule has 8 heteroatoms. The van der Waals surface area contributed by atoms with E-state index >= 15 is 0 Å². The van der Waals surface area contributed by atoms with Crippen molar-refractivity contribution in [2.45, 2.75) is 26.3 Å². The van der Waals surface area contributed by atoms with Gasteiger partial charge in [0.15, 0.2) is 16.6 Å². The molecule has 3 aromatic rings. The number of nitrogens with two attached hydrogens (primary N) is 1. The highest BCUT2D eigenvalue weighted by molar-refractivity contribution is 7.80. The average Bonchev–Trinajstić information content (AvgIpc) is 2.61. The van der Waals surface area contributed by atoms with Crippen molar-refractivity contribution in [1.82, 2.24) is 20.3 Å². The predicted molar refractivity (Wildman–Crippen MR) is 114 cm³/mol. The number of aromatic nitrogens is 3. The Morgan fingerprint density at radius 3 is 2.44 bits per heavy atom. The van der Waals surface area contributed by atoms with Crippen LogP contribution in [0, 0.1) is 0 Å². The molecule has 0 amide bonds. The zero-order valence-electron chi connectivity index (χ0n) is 15.6. The van der Waals surface area contributed by atoms with Crippen LogP contribution >= 0.6 is 12.2 Å². The zero-order valence-corrected chi connectivity index (χ0v) is 16.4. The summed E-state index contributed by atoms with van der Waals surface area (Å²) in [6, 6.07) is 11.7. The van der Waals surface area contributed by atoms with Gasteiger partial charge in [0.2, 0.25) is 0 Å². The highest BCUT2D eigenvalue weighted by Gasteiger charge is 2.13. The Morgan fingerprint density at radius 1 is 1.07 bits per heavy atom. The summed E-state index contributed by atoms with van der Waals surface area (Å²) in [7, 11) is 0. The third-order valence-electron chi connectivity index (χ3n) is 3.89. The molecule has 27 heavy (non-hydrogen) atoms. The Hall–Kier alpha value is -2.84. The second-order valence-electron chi connectivity index (χ2n) is 6.70. The fourth-order valence-electron chi connectivity index (χ4n) is 2.48. The summed E-state index contributed by atoms with van der Waals surface area (Å²) in [4.78, 5) is 13.4. The van der Waals surface area contributed by atoms with Crippen molar-refractivity contribution in [3.63, 3.8) is 0 Å². The molecule has 1 aromatic carbocycles. The number of nitrogens with one attached hydrogen (secondary N) is 3. The summed E-state index contributed by atoms with van der Waals surface area (Å²) in [6.45, 7) is 6.67. The van der Waals surface area contributed by atoms with Crippen LogP contribution in [0.1, 0.15) is 26.3 Å². The molecule has 0 bridgehead atoms. The van der Waals surface area contributed by atoms with Crippen LogP contribution in [0.15, 0.2) is 42.6 Å². The van der Waals surface area contributed by atoms with Gasteiger partial charge in [-0.15, -0.1) is 0 Å². The maximum atomic E-state index is 6.12. The summed E-state index contributed by atoms with van der Waals surface area (Å²) in [5.74, 6) is 1.23. The normalized spacial score (nSPS) is 11.3. The lowest BCUT2D eigenvalue weighted by atomic mass is 9.96. The second-order valence-corrected chi connectivity index (χ2v) is 7.11. The standard InChI is InChI=1S/C19H23N7S/c1-4-21-18(27)26-16-11-22-14-9-10-15(24-17(14)25-16)23-13-7-5-12(6-8-13)19(2,3)20/h5-11H,4,20H2,1-3H3,(H3,21,23,24,25,26,27). The number of anilines is 3. The number of hydrogen-bond donors (Lipinski definition) is 4. The summed E-state index contributed by atoms with van der Waals surface area (Å²) in [5.41, 5.74) is 8.98. The van der Waals surface area contributed by atoms with E-state index in [0.29, 0.717) is 27.9 Å². The van der Waals surface area contributed by atoms with Gasteiger partial charge in [0.1, 0.15) is 11.3 Å². The van der Waals surface area contributed by atoms with Crippen LogP contribution in [0.25, 0.3) is 11.2 Å². The molecule has 0 unspecified atom stereocenters. The quantitative estimate of drug-likeness (QED) is 0.500. The van der Waals surface area contributed by atoms with E-state index in [-0.39, 0.29) is 5.54 Å². The third-order valence-corrected chi connectivity index (χ3v) is 4.13. The lowest BCUT2D eigenvalue weighted by molar-refractivity contribution is 0.554. The number of nitrogens with zero attached hydrogens (tertiary/aromatic N) is 3. The summed E-state index contributed by atoms with van der Waals surface area (Å²) in [6.07, 6.45) is 1.63. The molecule has 2 aromatic heterocycles. The third kappa shape index (κ3) is 4.87. The first-order valence-corrected chi connectivity index (χ1v) is 9.11. The molecule has 3 rings (SSSR count). The first kappa shape index (κ1) is 18.9. The van der Waals surface area contributed by atoms with Gasteiger partial charge >= 0.3 is 0 Å². The van der Waals surface area contributed by atoms with Gasteiger partial charge in [0.05, 0.1) is 6.20 Å². The Kier molecular flexibility index (Phi) is 5.48. The van der Waals surface area contributed by atoms with Gasteiger partial charge in [-0.1, -0.05) is 12.1 Å². The highest BCUT2D eigenvalue weighted by atomic mass is 32.1. The first-order chi connectivity index (χ1) is 12.8. The van der Waals surface area contributed by atoms with Gasteiger partial charge in [-0.3, -0.25) is 0 Å². The van der Waals surface area contributed by atoms with E-state index < -0.39 is 0 Å². The van der Waals surface area contributed by atoms with Crippen molar-refractivity contribution in [2.75, 3.05) is 17.2 Å². The molecule has 5 N–H and O–H groups in total. The average molecular weight is 382 g/mol. The minimum Gasteiger partial charge on any atom is -0.363 e. The molecule has 0 saturated heterocycles. The minimum absolute atomic E-state index is 0.369. The molecule has 0 aliphatic heterocycles. The summed E-state index contributed by atoms with van der Waals surface area (Å²) < 4.78 is 0. The van der Waals surface area contributed by atoms with E-state index in [1.807, 2.05) is 57.2 Å². The van der Waals surface area contributed by atoms with Crippen molar-refractivity contribution in [1.29, 1.82) is 0 Å². The number of rotatable bonds is 5. The van der Waals surface area contributed by atoms with E-state index in [1.54, 1.807) is 6.20 Å². The molecule has 7 nitrogen and oxygen atoms in total. The van der Waals surface area contributed by atoms with Crippen LogP contribution in [0.4, 0.5) is 17.3 Å². The maximum Gasteiger partial charge on any atom is 0.182 e. The zero-order chi connectivity index (χ0) is 19.4. The Labute approximate surface area is 163 Å². The molecule has 140 valence electrons. The van der Waals surface area contributed by atoms with Gasteiger partial charge in [0, 0.05) is 17.8 Å². The number of fused-ring (bicyclic) bond motifs is 1. The fraction of sp³-hybridized carbons (Fsp3) is 0.263. The molecule has 0 fully saturated rings. The topological polar surface area (TPSA) is 101 Å². The largest absolute Gasteiger partial charge is 0.363 e. The fourth-order valence-corrected chi connectivity index (χ4v) is 2.73. The van der Waals surface area contributed by atoms with Gasteiger partial charge < -0.3 is 21.7 Å². The van der Waals surface area contributed by atoms with E-state index in [4.69, 9.17) is 18.0 Å². The maximum absolute atomic E-state index is 6.12. The van der Waals surface area contributed by atoms with Crippen LogP contribution in [-0.2, 0) is 5.54 Å². The molecule has 0 spiro atoms. The molecule has 0 radical (unpaired) electrons. The molecular weight excluding hydrogens is 358 g/mol. The molecule has 0 atom stereocenters. The smallest absolute Gasteiger partial charge is 0.182 e. The van der Waals surface area contributed by atoms with Gasteiger partial charge in [-0.25, -0.2) is 15.0 Å². The number of benzene rings is 1. The van der Waals surface area contributed by atoms with Crippen LogP contribution in [-0.4, -0.2) is 26.6 Å². The first-order valence-electron chi connectivity index (χ1n) is 8.70. The minimum atomic E-state index is -0.369. The Balaban J connectivity index is 1.79. The molecular formula is C19H23N7S. The van der Waals surface area contributed by atoms with Gasteiger partial charge in [0.25, 0.3) is 0 Å². The van der Waals surface area contributed by atoms with Crippen molar-refractivity contribution in [3.8, 4) is 0 Å². The SMILES string of the molecule is CCNC(=S)Nc1cnc2ccc(Nc3ccc(C(C)(C)N)cc3)nc2n1. The number of hydrogen-bond acceptors (Lipinski definition) is 6. The summed E-state index contributed by atoms with van der Waals surface area (Å²) >= 11 is 5.18. The van der Waals surface area contributed by atoms with E-state index in [9.17, 15) is 0 Å². The van der Waals surface area contributed by atoms with Crippen molar-refractivity contribution in [2.24, 2.45) is 5.73 Å². The van der Waals surface area contributed by atoms with Crippen LogP contribution < -0.4 is 21.7 Å². The van der Waals surface area contributed by atoms with E-state index in [1.165, 1.54) is 0 Å². The van der Waals surface area contributed by atoms with E-state index in [0.717, 1.165) is 17.8 Å². The van der Waals surface area contributed by atoms with Crippen molar-refractivity contribution >= 4 is 45.8 Å². The molecule has 0 saturated carbocycles. The van der Waals surface area contributed by atoms with Crippen molar-refractivity contribution < 1.29 is 0 Å². The van der Waals surface area contributed by atoms with Crippen LogP contribution in [0.5, 0.6) is 0 Å². The molecule has 2 heterocycles. The lowest BCUT2D eigenvalue weighted by Gasteiger charge is -2.19. The predicted octanol–water partition coefficient (Wildman–Crippen LogP) is 3.27. The second kappa shape index (κ2) is 7.81. The Morgan fingerprint density at radius 2 is 1.78 bits per heavy atom. The summed E-state index contributed by atoms with van der Waals surface area (Å²) in [5, 5.41) is 9.79. The molecule has 0 aliphatic rings. The van der Waals surface area contributed by atoms with E-state index in [2.05, 4.69) is 30.9 Å². The van der Waals surface area contributed by atoms with Gasteiger partial charge in [-0.2, -0.15) is 0 Å². The van der Waals surface area contributed by atoms with Crippen LogP contribution in [0.2, 0.25) is 0 Å². The highest BCUT2D eigenvalue weighted by Crippen LogP contribution is 2.22. The number of pyridine rings is 1. The Bertz CT molecular complexity index is 948. The molecule has 0 aliphatic carbocycles. The monoisotopic (exact) mass is 381 g/mol.